The van der Waals surface area contributed by atoms with E-state index < -0.39 is 0 Å². The van der Waals surface area contributed by atoms with Crippen LogP contribution in [-0.4, -0.2) is 28.9 Å². The van der Waals surface area contributed by atoms with E-state index >= 15 is 0 Å². The Morgan fingerprint density at radius 1 is 0.853 bits per heavy atom. The first-order valence-corrected chi connectivity index (χ1v) is 11.8. The van der Waals surface area contributed by atoms with E-state index in [1.807, 2.05) is 81.9 Å². The third kappa shape index (κ3) is 3.39. The van der Waals surface area contributed by atoms with Gasteiger partial charge in [-0.1, -0.05) is 72.4 Å². The lowest BCUT2D eigenvalue weighted by molar-refractivity contribution is 0.853. The van der Waals surface area contributed by atoms with Gasteiger partial charge in [0.15, 0.2) is 5.16 Å². The fourth-order valence-electron chi connectivity index (χ4n) is 4.11. The van der Waals surface area contributed by atoms with Crippen LogP contribution < -0.4 is 5.56 Å². The first-order chi connectivity index (χ1) is 16.7. The standard InChI is InChI=1S/C26H20N6OS/c1-30-24(33)21-14-8-9-15-22(21)32-25(30)27-28-26(32)34-17-19-16-31(20-12-6-3-7-13-20)29-23(19)18-10-4-2-5-11-18/h2-16H,17H2,1H3. The number of nitrogens with zero attached hydrogens (tertiary/aromatic N) is 6. The Morgan fingerprint density at radius 2 is 1.56 bits per heavy atom. The number of hydrogen-bond acceptors (Lipinski definition) is 5. The minimum absolute atomic E-state index is 0.0810. The number of aryl methyl sites for hydroxylation is 1. The van der Waals surface area contributed by atoms with Crippen LogP contribution in [0.15, 0.2) is 101 Å². The maximum absolute atomic E-state index is 12.7. The van der Waals surface area contributed by atoms with E-state index in [1.54, 1.807) is 23.4 Å². The predicted molar refractivity (Wildman–Crippen MR) is 134 cm³/mol. The van der Waals surface area contributed by atoms with Gasteiger partial charge in [0.1, 0.15) is 0 Å². The van der Waals surface area contributed by atoms with E-state index in [1.165, 1.54) is 0 Å². The third-order valence-electron chi connectivity index (χ3n) is 5.81. The van der Waals surface area contributed by atoms with Gasteiger partial charge in [0, 0.05) is 30.1 Å². The van der Waals surface area contributed by atoms with Crippen LogP contribution in [-0.2, 0) is 12.8 Å². The summed E-state index contributed by atoms with van der Waals surface area (Å²) < 4.78 is 5.41. The van der Waals surface area contributed by atoms with Crippen molar-refractivity contribution in [1.82, 2.24) is 28.9 Å². The maximum Gasteiger partial charge on any atom is 0.262 e. The lowest BCUT2D eigenvalue weighted by Crippen LogP contribution is -2.20. The van der Waals surface area contributed by atoms with Crippen molar-refractivity contribution < 1.29 is 0 Å². The van der Waals surface area contributed by atoms with Crippen molar-refractivity contribution in [2.75, 3.05) is 0 Å². The molecule has 0 aliphatic carbocycles. The summed E-state index contributed by atoms with van der Waals surface area (Å²) in [4.78, 5) is 12.7. The topological polar surface area (TPSA) is 70.0 Å². The van der Waals surface area contributed by atoms with Crippen LogP contribution in [0.5, 0.6) is 0 Å². The van der Waals surface area contributed by atoms with E-state index in [4.69, 9.17) is 5.10 Å². The highest BCUT2D eigenvalue weighted by atomic mass is 32.2. The smallest absolute Gasteiger partial charge is 0.262 e. The molecule has 0 saturated heterocycles. The number of para-hydroxylation sites is 2. The van der Waals surface area contributed by atoms with E-state index in [0.29, 0.717) is 16.9 Å². The molecule has 3 heterocycles. The van der Waals surface area contributed by atoms with Crippen LogP contribution in [0, 0.1) is 0 Å². The molecule has 0 fully saturated rings. The molecule has 0 N–H and O–H groups in total. The van der Waals surface area contributed by atoms with Crippen LogP contribution in [0.25, 0.3) is 33.6 Å². The summed E-state index contributed by atoms with van der Waals surface area (Å²) in [6.07, 6.45) is 2.07. The van der Waals surface area contributed by atoms with Gasteiger partial charge in [0.05, 0.1) is 22.3 Å². The first kappa shape index (κ1) is 20.4. The second-order valence-electron chi connectivity index (χ2n) is 7.94. The Labute approximate surface area is 199 Å². The molecule has 0 aliphatic heterocycles. The van der Waals surface area contributed by atoms with Crippen molar-refractivity contribution in [3.05, 3.63) is 107 Å². The average molecular weight is 465 g/mol. The Bertz CT molecular complexity index is 1690. The summed E-state index contributed by atoms with van der Waals surface area (Å²) in [5, 5.41) is 15.0. The molecule has 0 aliphatic rings. The minimum atomic E-state index is -0.0810. The van der Waals surface area contributed by atoms with Crippen LogP contribution in [0.3, 0.4) is 0 Å². The number of benzene rings is 3. The molecule has 6 rings (SSSR count). The van der Waals surface area contributed by atoms with Gasteiger partial charge in [0.2, 0.25) is 5.78 Å². The van der Waals surface area contributed by atoms with Gasteiger partial charge in [-0.2, -0.15) is 5.10 Å². The number of fused-ring (bicyclic) bond motifs is 3. The van der Waals surface area contributed by atoms with Crippen molar-refractivity contribution >= 4 is 28.4 Å². The molecular weight excluding hydrogens is 444 g/mol. The van der Waals surface area contributed by atoms with Crippen LogP contribution in [0.4, 0.5) is 0 Å². The molecular formula is C26H20N6OS. The number of hydrogen-bond donors (Lipinski definition) is 0. The predicted octanol–water partition coefficient (Wildman–Crippen LogP) is 4.73. The van der Waals surface area contributed by atoms with Gasteiger partial charge in [-0.05, 0) is 24.3 Å². The number of aromatic nitrogens is 6. The zero-order valence-electron chi connectivity index (χ0n) is 18.4. The average Bonchev–Trinajstić information content (AvgIpc) is 3.52. The first-order valence-electron chi connectivity index (χ1n) is 10.9. The summed E-state index contributed by atoms with van der Waals surface area (Å²) in [6.45, 7) is 0. The highest BCUT2D eigenvalue weighted by Crippen LogP contribution is 2.30. The van der Waals surface area contributed by atoms with Crippen molar-refractivity contribution in [3.63, 3.8) is 0 Å². The number of rotatable bonds is 5. The minimum Gasteiger partial charge on any atom is -0.279 e. The molecule has 0 radical (unpaired) electrons. The van der Waals surface area contributed by atoms with Crippen molar-refractivity contribution in [3.8, 4) is 16.9 Å². The Morgan fingerprint density at radius 3 is 2.35 bits per heavy atom. The quantitative estimate of drug-likeness (QED) is 0.345. The highest BCUT2D eigenvalue weighted by molar-refractivity contribution is 7.98. The van der Waals surface area contributed by atoms with Gasteiger partial charge in [-0.25, -0.2) is 4.68 Å². The van der Waals surface area contributed by atoms with Crippen LogP contribution >= 0.6 is 11.8 Å². The second kappa shape index (κ2) is 8.31. The molecule has 166 valence electrons. The Kier molecular flexibility index (Phi) is 5.00. The third-order valence-corrected chi connectivity index (χ3v) is 6.79. The molecule has 0 unspecified atom stereocenters. The molecule has 0 spiro atoms. The van der Waals surface area contributed by atoms with Gasteiger partial charge in [-0.3, -0.25) is 13.8 Å². The van der Waals surface area contributed by atoms with E-state index in [9.17, 15) is 4.79 Å². The summed E-state index contributed by atoms with van der Waals surface area (Å²) in [5.41, 5.74) is 4.81. The normalized spacial score (nSPS) is 11.4. The Balaban J connectivity index is 1.43. The summed E-state index contributed by atoms with van der Waals surface area (Å²) in [5.74, 6) is 1.17. The molecule has 0 atom stereocenters. The van der Waals surface area contributed by atoms with Gasteiger partial charge in [0.25, 0.3) is 5.56 Å². The molecule has 0 bridgehead atoms. The molecule has 8 heteroatoms. The number of thioether (sulfide) groups is 1. The van der Waals surface area contributed by atoms with Gasteiger partial charge >= 0.3 is 0 Å². The zero-order chi connectivity index (χ0) is 23.1. The summed E-state index contributed by atoms with van der Waals surface area (Å²) in [7, 11) is 1.73. The largest absolute Gasteiger partial charge is 0.279 e. The molecule has 34 heavy (non-hydrogen) atoms. The second-order valence-corrected chi connectivity index (χ2v) is 8.88. The van der Waals surface area contributed by atoms with Gasteiger partial charge in [-0.15, -0.1) is 10.2 Å². The monoisotopic (exact) mass is 464 g/mol. The van der Waals surface area contributed by atoms with E-state index in [-0.39, 0.29) is 5.56 Å². The lowest BCUT2D eigenvalue weighted by Gasteiger charge is -2.07. The van der Waals surface area contributed by atoms with E-state index in [2.05, 4.69) is 28.5 Å². The molecule has 3 aromatic heterocycles. The van der Waals surface area contributed by atoms with Crippen LogP contribution in [0.2, 0.25) is 0 Å². The highest BCUT2D eigenvalue weighted by Gasteiger charge is 2.17. The maximum atomic E-state index is 12.7. The lowest BCUT2D eigenvalue weighted by atomic mass is 10.1. The molecule has 0 saturated carbocycles. The SMILES string of the molecule is Cn1c(=O)c2ccccc2n2c(SCc3cn(-c4ccccc4)nc3-c3ccccc3)nnc12. The van der Waals surface area contributed by atoms with Crippen molar-refractivity contribution in [2.24, 2.45) is 7.05 Å². The van der Waals surface area contributed by atoms with E-state index in [0.717, 1.165) is 33.2 Å². The zero-order valence-corrected chi connectivity index (χ0v) is 19.2. The molecule has 0 amide bonds. The van der Waals surface area contributed by atoms with Crippen molar-refractivity contribution in [1.29, 1.82) is 0 Å². The molecule has 6 aromatic rings. The van der Waals surface area contributed by atoms with Crippen molar-refractivity contribution in [2.45, 2.75) is 10.9 Å². The Hall–Kier alpha value is -4.17. The molecule has 3 aromatic carbocycles. The summed E-state index contributed by atoms with van der Waals surface area (Å²) >= 11 is 1.58. The molecule has 7 nitrogen and oxygen atoms in total. The fourth-order valence-corrected chi connectivity index (χ4v) is 5.02. The van der Waals surface area contributed by atoms with Gasteiger partial charge < -0.3 is 0 Å². The van der Waals surface area contributed by atoms with Crippen LogP contribution in [0.1, 0.15) is 5.56 Å². The summed E-state index contributed by atoms with van der Waals surface area (Å²) in [6, 6.07) is 27.8. The fraction of sp³-hybridized carbons (Fsp3) is 0.0769.